The Bertz CT molecular complexity index is 278. The van der Waals surface area contributed by atoms with E-state index in [1.165, 1.54) is 0 Å². The summed E-state index contributed by atoms with van der Waals surface area (Å²) in [6, 6.07) is 0. The third-order valence-electron chi connectivity index (χ3n) is 3.21. The molecule has 0 aliphatic heterocycles. The van der Waals surface area contributed by atoms with E-state index < -0.39 is 0 Å². The van der Waals surface area contributed by atoms with Crippen LogP contribution in [0.1, 0.15) is 0 Å². The van der Waals surface area contributed by atoms with E-state index in [9.17, 15) is 4.79 Å². The van der Waals surface area contributed by atoms with Gasteiger partial charge in [0.25, 0.3) is 0 Å². The Kier molecular flexibility index (Phi) is 22.5. The number of rotatable bonds is 23. The lowest BCUT2D eigenvalue weighted by Gasteiger charge is -2.17. The van der Waals surface area contributed by atoms with Gasteiger partial charge < -0.3 is 44.8 Å². The van der Waals surface area contributed by atoms with Gasteiger partial charge in [0.2, 0.25) is 6.41 Å². The third-order valence-corrected chi connectivity index (χ3v) is 3.21. The molecule has 0 radical (unpaired) electrons. The van der Waals surface area contributed by atoms with Gasteiger partial charge in [0.1, 0.15) is 0 Å². The zero-order valence-corrected chi connectivity index (χ0v) is 16.4. The van der Waals surface area contributed by atoms with Crippen LogP contribution in [-0.2, 0) is 33.2 Å². The molecule has 0 saturated heterocycles. The predicted octanol–water partition coefficient (Wildman–Crippen LogP) is -1.54. The predicted molar refractivity (Wildman–Crippen MR) is 101 cm³/mol. The zero-order chi connectivity index (χ0) is 19.8. The monoisotopic (exact) mass is 395 g/mol. The van der Waals surface area contributed by atoms with E-state index in [2.05, 4.69) is 0 Å². The molecule has 162 valence electrons. The summed E-state index contributed by atoms with van der Waals surface area (Å²) >= 11 is 0. The highest BCUT2D eigenvalue weighted by atomic mass is 16.5. The summed E-state index contributed by atoms with van der Waals surface area (Å²) in [6.45, 7) is 8.10. The lowest BCUT2D eigenvalue weighted by molar-refractivity contribution is -0.119. The van der Waals surface area contributed by atoms with Crippen molar-refractivity contribution in [1.29, 1.82) is 0 Å². The number of amides is 1. The molecule has 0 aromatic rings. The van der Waals surface area contributed by atoms with Gasteiger partial charge in [-0.05, 0) is 0 Å². The molecular weight excluding hydrogens is 358 g/mol. The second-order valence-electron chi connectivity index (χ2n) is 5.39. The molecule has 0 saturated carbocycles. The minimum absolute atomic E-state index is 0.456. The van der Waals surface area contributed by atoms with E-state index in [-0.39, 0.29) is 0 Å². The van der Waals surface area contributed by atoms with Crippen molar-refractivity contribution in [2.75, 3.05) is 105 Å². The Balaban J connectivity index is 3.29. The molecule has 0 aromatic heterocycles. The molecule has 1 amide bonds. The molecule has 0 rings (SSSR count). The SMILES string of the molecule is NCCOCCOCCOCCN(C=O)CCOCCOCCOCCN. The van der Waals surface area contributed by atoms with Crippen LogP contribution < -0.4 is 11.5 Å². The van der Waals surface area contributed by atoms with Crippen LogP contribution >= 0.6 is 0 Å². The summed E-state index contributed by atoms with van der Waals surface area (Å²) in [7, 11) is 0. The molecule has 0 bridgehead atoms. The van der Waals surface area contributed by atoms with Crippen LogP contribution in [0.2, 0.25) is 0 Å². The van der Waals surface area contributed by atoms with Crippen LogP contribution in [0.25, 0.3) is 0 Å². The topological polar surface area (TPSA) is 128 Å². The summed E-state index contributed by atoms with van der Waals surface area (Å²) < 4.78 is 31.9. The molecule has 0 unspecified atom stereocenters. The molecule has 0 fully saturated rings. The smallest absolute Gasteiger partial charge is 0.209 e. The molecule has 0 spiro atoms. The maximum atomic E-state index is 11.0. The van der Waals surface area contributed by atoms with Gasteiger partial charge in [0, 0.05) is 26.2 Å². The summed E-state index contributed by atoms with van der Waals surface area (Å²) in [4.78, 5) is 12.6. The number of nitrogens with two attached hydrogens (primary N) is 2. The molecule has 0 atom stereocenters. The second-order valence-corrected chi connectivity index (χ2v) is 5.39. The molecule has 10 heteroatoms. The van der Waals surface area contributed by atoms with Gasteiger partial charge in [-0.15, -0.1) is 0 Å². The van der Waals surface area contributed by atoms with E-state index >= 15 is 0 Å². The van der Waals surface area contributed by atoms with E-state index in [1.54, 1.807) is 4.90 Å². The van der Waals surface area contributed by atoms with Crippen molar-refractivity contribution in [3.63, 3.8) is 0 Å². The zero-order valence-electron chi connectivity index (χ0n) is 16.4. The molecule has 10 nitrogen and oxygen atoms in total. The number of hydrogen-bond acceptors (Lipinski definition) is 9. The number of nitrogens with zero attached hydrogens (tertiary/aromatic N) is 1. The first-order valence-electron chi connectivity index (χ1n) is 9.41. The average Bonchev–Trinajstić information content (AvgIpc) is 2.69. The molecule has 4 N–H and O–H groups in total. The summed E-state index contributed by atoms with van der Waals surface area (Å²) in [6.07, 6.45) is 0.795. The van der Waals surface area contributed by atoms with Crippen LogP contribution in [-0.4, -0.2) is 117 Å². The Hall–Kier alpha value is -0.850. The Morgan fingerprint density at radius 3 is 1.11 bits per heavy atom. The number of carbonyl (C=O) groups excluding carboxylic acids is 1. The Morgan fingerprint density at radius 2 is 0.815 bits per heavy atom. The third kappa shape index (κ3) is 21.3. The highest BCUT2D eigenvalue weighted by Crippen LogP contribution is 1.88. The van der Waals surface area contributed by atoms with Gasteiger partial charge in [0.15, 0.2) is 0 Å². The molecule has 0 heterocycles. The van der Waals surface area contributed by atoms with Crippen molar-refractivity contribution >= 4 is 6.41 Å². The van der Waals surface area contributed by atoms with Crippen LogP contribution in [0.5, 0.6) is 0 Å². The van der Waals surface area contributed by atoms with E-state index in [4.69, 9.17) is 39.9 Å². The second kappa shape index (κ2) is 23.2. The van der Waals surface area contributed by atoms with E-state index in [0.29, 0.717) is 105 Å². The largest absolute Gasteiger partial charge is 0.378 e. The number of carbonyl (C=O) groups is 1. The fourth-order valence-electron chi connectivity index (χ4n) is 1.83. The minimum atomic E-state index is 0.456. The summed E-state index contributed by atoms with van der Waals surface area (Å²) in [5.41, 5.74) is 10.6. The minimum Gasteiger partial charge on any atom is -0.378 e. The Morgan fingerprint density at radius 1 is 0.519 bits per heavy atom. The van der Waals surface area contributed by atoms with Gasteiger partial charge in [-0.3, -0.25) is 4.79 Å². The maximum Gasteiger partial charge on any atom is 0.209 e. The van der Waals surface area contributed by atoms with Crippen molar-refractivity contribution in [3.05, 3.63) is 0 Å². The molecule has 0 aliphatic carbocycles. The van der Waals surface area contributed by atoms with Crippen molar-refractivity contribution in [3.8, 4) is 0 Å². The number of hydrogen-bond donors (Lipinski definition) is 2. The first-order valence-corrected chi connectivity index (χ1v) is 9.41. The van der Waals surface area contributed by atoms with Gasteiger partial charge in [0.05, 0.1) is 79.3 Å². The van der Waals surface area contributed by atoms with Crippen LogP contribution in [0, 0.1) is 0 Å². The van der Waals surface area contributed by atoms with Gasteiger partial charge in [-0.1, -0.05) is 0 Å². The quantitative estimate of drug-likeness (QED) is 0.156. The van der Waals surface area contributed by atoms with Crippen molar-refractivity contribution in [2.45, 2.75) is 0 Å². The van der Waals surface area contributed by atoms with Crippen LogP contribution in [0.3, 0.4) is 0 Å². The molecule has 27 heavy (non-hydrogen) atoms. The highest BCUT2D eigenvalue weighted by Gasteiger charge is 2.01. The van der Waals surface area contributed by atoms with E-state index in [1.807, 2.05) is 0 Å². The first-order chi connectivity index (χ1) is 13.3. The fourth-order valence-corrected chi connectivity index (χ4v) is 1.83. The standard InChI is InChI=1S/C17H37N3O7/c18-1-5-22-9-13-26-15-11-24-7-3-20(17-21)4-8-25-12-16-27-14-10-23-6-2-19/h17H,1-16,18-19H2. The molecule has 0 aliphatic rings. The highest BCUT2D eigenvalue weighted by molar-refractivity contribution is 5.46. The van der Waals surface area contributed by atoms with E-state index in [0.717, 1.165) is 6.41 Å². The maximum absolute atomic E-state index is 11.0. The summed E-state index contributed by atoms with van der Waals surface area (Å²) in [5, 5.41) is 0. The lowest BCUT2D eigenvalue weighted by atomic mass is 10.5. The van der Waals surface area contributed by atoms with Gasteiger partial charge >= 0.3 is 0 Å². The normalized spacial score (nSPS) is 11.0. The van der Waals surface area contributed by atoms with Crippen molar-refractivity contribution < 1.29 is 33.2 Å². The lowest BCUT2D eigenvalue weighted by Crippen LogP contribution is -2.30. The fraction of sp³-hybridized carbons (Fsp3) is 0.941. The van der Waals surface area contributed by atoms with Crippen LogP contribution in [0.15, 0.2) is 0 Å². The first kappa shape index (κ1) is 26.1. The van der Waals surface area contributed by atoms with Crippen molar-refractivity contribution in [1.82, 2.24) is 4.90 Å². The van der Waals surface area contributed by atoms with Crippen LogP contribution in [0.4, 0.5) is 0 Å². The van der Waals surface area contributed by atoms with Crippen molar-refractivity contribution in [2.24, 2.45) is 11.5 Å². The van der Waals surface area contributed by atoms with Gasteiger partial charge in [-0.2, -0.15) is 0 Å². The molecular formula is C17H37N3O7. The average molecular weight is 395 g/mol. The van der Waals surface area contributed by atoms with Gasteiger partial charge in [-0.25, -0.2) is 0 Å². The molecule has 0 aromatic carbocycles. The Labute approximate surface area is 162 Å². The summed E-state index contributed by atoms with van der Waals surface area (Å²) in [5.74, 6) is 0. The number of ether oxygens (including phenoxy) is 6.